The Morgan fingerprint density at radius 2 is 1.74 bits per heavy atom. The van der Waals surface area contributed by atoms with E-state index < -0.39 is 18.3 Å². The van der Waals surface area contributed by atoms with Crippen molar-refractivity contribution in [3.8, 4) is 0 Å². The van der Waals surface area contributed by atoms with E-state index >= 15 is 0 Å². The van der Waals surface area contributed by atoms with Gasteiger partial charge in [-0.25, -0.2) is 4.39 Å². The first-order valence-electron chi connectivity index (χ1n) is 5.61. The van der Waals surface area contributed by atoms with Crippen molar-refractivity contribution in [2.75, 3.05) is 11.9 Å². The van der Waals surface area contributed by atoms with Crippen molar-refractivity contribution in [2.24, 2.45) is 0 Å². The molecular formula is C14H11ClF3N. The fourth-order valence-corrected chi connectivity index (χ4v) is 1.81. The molecule has 0 aliphatic rings. The lowest BCUT2D eigenvalue weighted by atomic mass is 10.1. The van der Waals surface area contributed by atoms with Crippen LogP contribution in [0.4, 0.5) is 18.9 Å². The van der Waals surface area contributed by atoms with Crippen molar-refractivity contribution in [3.63, 3.8) is 0 Å². The summed E-state index contributed by atoms with van der Waals surface area (Å²) in [6, 6.07) is 11.0. The number of nitrogens with one attached hydrogen (secondary N) is 1. The molecule has 2 rings (SSSR count). The minimum absolute atomic E-state index is 0.102. The highest BCUT2D eigenvalue weighted by molar-refractivity contribution is 6.33. The highest BCUT2D eigenvalue weighted by Gasteiger charge is 2.31. The summed E-state index contributed by atoms with van der Waals surface area (Å²) in [5.74, 6) is -3.59. The van der Waals surface area contributed by atoms with Crippen molar-refractivity contribution < 1.29 is 13.2 Å². The summed E-state index contributed by atoms with van der Waals surface area (Å²) in [5, 5.41) is 2.67. The van der Waals surface area contributed by atoms with Crippen LogP contribution in [0.15, 0.2) is 48.5 Å². The number of rotatable bonds is 4. The van der Waals surface area contributed by atoms with Gasteiger partial charge in [0.25, 0.3) is 5.92 Å². The predicted molar refractivity (Wildman–Crippen MR) is 70.2 cm³/mol. The molecule has 0 amide bonds. The van der Waals surface area contributed by atoms with Crippen LogP contribution in [0.5, 0.6) is 0 Å². The Labute approximate surface area is 114 Å². The Bertz CT molecular complexity index is 558. The highest BCUT2D eigenvalue weighted by atomic mass is 35.5. The van der Waals surface area contributed by atoms with E-state index in [1.54, 1.807) is 18.2 Å². The summed E-state index contributed by atoms with van der Waals surface area (Å²) in [7, 11) is 0. The van der Waals surface area contributed by atoms with Crippen LogP contribution < -0.4 is 5.32 Å². The Morgan fingerprint density at radius 3 is 2.42 bits per heavy atom. The number of anilines is 1. The first-order chi connectivity index (χ1) is 8.99. The van der Waals surface area contributed by atoms with Crippen LogP contribution in [0.25, 0.3) is 0 Å². The fourth-order valence-electron chi connectivity index (χ4n) is 1.62. The number of hydrogen-bond acceptors (Lipinski definition) is 1. The summed E-state index contributed by atoms with van der Waals surface area (Å²) in [4.78, 5) is 0. The Kier molecular flexibility index (Phi) is 4.00. The van der Waals surface area contributed by atoms with Crippen molar-refractivity contribution in [2.45, 2.75) is 5.92 Å². The molecule has 0 atom stereocenters. The van der Waals surface area contributed by atoms with Crippen LogP contribution in [0.2, 0.25) is 5.02 Å². The van der Waals surface area contributed by atoms with Crippen LogP contribution >= 0.6 is 11.6 Å². The third-order valence-corrected chi connectivity index (χ3v) is 2.95. The van der Waals surface area contributed by atoms with E-state index in [0.717, 1.165) is 6.07 Å². The molecular weight excluding hydrogens is 275 g/mol. The van der Waals surface area contributed by atoms with Gasteiger partial charge in [0.2, 0.25) is 0 Å². The normalized spacial score (nSPS) is 11.4. The topological polar surface area (TPSA) is 12.0 Å². The molecule has 2 aromatic carbocycles. The molecule has 0 aliphatic heterocycles. The van der Waals surface area contributed by atoms with E-state index in [-0.39, 0.29) is 16.3 Å². The molecule has 100 valence electrons. The quantitative estimate of drug-likeness (QED) is 0.860. The number of alkyl halides is 2. The largest absolute Gasteiger partial charge is 0.377 e. The lowest BCUT2D eigenvalue weighted by Crippen LogP contribution is -2.24. The van der Waals surface area contributed by atoms with E-state index in [9.17, 15) is 13.2 Å². The van der Waals surface area contributed by atoms with Gasteiger partial charge in [-0.15, -0.1) is 0 Å². The van der Waals surface area contributed by atoms with Gasteiger partial charge in [0.05, 0.1) is 17.3 Å². The maximum absolute atomic E-state index is 13.9. The van der Waals surface area contributed by atoms with Crippen molar-refractivity contribution in [1.82, 2.24) is 0 Å². The Hall–Kier alpha value is -1.68. The number of hydrogen-bond donors (Lipinski definition) is 1. The van der Waals surface area contributed by atoms with Gasteiger partial charge < -0.3 is 5.32 Å². The Balaban J connectivity index is 2.12. The van der Waals surface area contributed by atoms with Gasteiger partial charge >= 0.3 is 0 Å². The van der Waals surface area contributed by atoms with Crippen molar-refractivity contribution in [1.29, 1.82) is 0 Å². The van der Waals surface area contributed by atoms with Crippen LogP contribution in [-0.4, -0.2) is 6.54 Å². The summed E-state index contributed by atoms with van der Waals surface area (Å²) in [6.45, 7) is -0.653. The third kappa shape index (κ3) is 3.41. The summed E-state index contributed by atoms with van der Waals surface area (Å²) in [6.07, 6.45) is 0. The maximum atomic E-state index is 13.9. The second-order valence-corrected chi connectivity index (χ2v) is 4.46. The monoisotopic (exact) mass is 285 g/mol. The number of benzene rings is 2. The van der Waals surface area contributed by atoms with Gasteiger partial charge in [0.15, 0.2) is 0 Å². The van der Waals surface area contributed by atoms with Crippen LogP contribution in [-0.2, 0) is 5.92 Å². The molecule has 1 nitrogen and oxygen atoms in total. The zero-order valence-electron chi connectivity index (χ0n) is 9.84. The van der Waals surface area contributed by atoms with E-state index in [1.807, 2.05) is 0 Å². The minimum Gasteiger partial charge on any atom is -0.377 e. The summed E-state index contributed by atoms with van der Waals surface area (Å²) >= 11 is 5.80. The zero-order valence-corrected chi connectivity index (χ0v) is 10.6. The second kappa shape index (κ2) is 5.53. The predicted octanol–water partition coefficient (Wildman–Crippen LogP) is 4.68. The van der Waals surface area contributed by atoms with Crippen LogP contribution in [0, 0.1) is 5.82 Å². The molecule has 0 aromatic heterocycles. The van der Waals surface area contributed by atoms with E-state index in [1.165, 1.54) is 24.3 Å². The second-order valence-electron chi connectivity index (χ2n) is 4.05. The van der Waals surface area contributed by atoms with Crippen LogP contribution in [0.3, 0.4) is 0 Å². The van der Waals surface area contributed by atoms with Crippen LogP contribution in [0.1, 0.15) is 5.56 Å². The molecule has 0 heterocycles. The SMILES string of the molecule is Fc1ccc(Cl)c(NCC(F)(F)c2ccccc2)c1. The van der Waals surface area contributed by atoms with Gasteiger partial charge in [0, 0.05) is 5.56 Å². The average Bonchev–Trinajstić information content (AvgIpc) is 2.41. The third-order valence-electron chi connectivity index (χ3n) is 2.63. The summed E-state index contributed by atoms with van der Waals surface area (Å²) in [5.41, 5.74) is 0.0484. The lowest BCUT2D eigenvalue weighted by molar-refractivity contribution is 0.0106. The van der Waals surface area contributed by atoms with Gasteiger partial charge in [-0.2, -0.15) is 8.78 Å². The minimum atomic E-state index is -3.06. The van der Waals surface area contributed by atoms with Crippen molar-refractivity contribution in [3.05, 3.63) is 64.9 Å². The fraction of sp³-hybridized carbons (Fsp3) is 0.143. The molecule has 0 fully saturated rings. The lowest BCUT2D eigenvalue weighted by Gasteiger charge is -2.18. The molecule has 1 N–H and O–H groups in total. The molecule has 0 unspecified atom stereocenters. The first-order valence-corrected chi connectivity index (χ1v) is 5.99. The van der Waals surface area contributed by atoms with Gasteiger partial charge in [-0.05, 0) is 18.2 Å². The van der Waals surface area contributed by atoms with Gasteiger partial charge in [-0.1, -0.05) is 41.9 Å². The molecule has 0 bridgehead atoms. The molecule has 0 spiro atoms. The Morgan fingerprint density at radius 1 is 1.05 bits per heavy atom. The number of halogens is 4. The summed E-state index contributed by atoms with van der Waals surface area (Å²) < 4.78 is 40.8. The maximum Gasteiger partial charge on any atom is 0.290 e. The first kappa shape index (κ1) is 13.7. The molecule has 0 saturated carbocycles. The molecule has 5 heteroatoms. The van der Waals surface area contributed by atoms with E-state index in [0.29, 0.717) is 0 Å². The zero-order chi connectivity index (χ0) is 13.9. The van der Waals surface area contributed by atoms with Crippen molar-refractivity contribution >= 4 is 17.3 Å². The van der Waals surface area contributed by atoms with Gasteiger partial charge in [0.1, 0.15) is 5.82 Å². The highest BCUT2D eigenvalue weighted by Crippen LogP contribution is 2.30. The molecule has 0 saturated heterocycles. The molecule has 2 aromatic rings. The molecule has 0 radical (unpaired) electrons. The smallest absolute Gasteiger partial charge is 0.290 e. The van der Waals surface area contributed by atoms with E-state index in [2.05, 4.69) is 5.32 Å². The van der Waals surface area contributed by atoms with E-state index in [4.69, 9.17) is 11.6 Å². The molecule has 19 heavy (non-hydrogen) atoms. The average molecular weight is 286 g/mol. The standard InChI is InChI=1S/C14H11ClF3N/c15-12-7-6-11(16)8-13(12)19-9-14(17,18)10-4-2-1-3-5-10/h1-8,19H,9H2. The molecule has 0 aliphatic carbocycles. The van der Waals surface area contributed by atoms with Gasteiger partial charge in [-0.3, -0.25) is 0 Å².